The Morgan fingerprint density at radius 3 is 2.17 bits per heavy atom. The SMILES string of the molecule is COc1ccc(NC2CCC(c3ccccc3)CC2)cc1OC. The molecule has 0 saturated heterocycles. The van der Waals surface area contributed by atoms with Crippen LogP contribution in [0.15, 0.2) is 48.5 Å². The van der Waals surface area contributed by atoms with Gasteiger partial charge in [0.15, 0.2) is 11.5 Å². The van der Waals surface area contributed by atoms with E-state index in [0.717, 1.165) is 17.2 Å². The lowest BCUT2D eigenvalue weighted by atomic mass is 9.82. The van der Waals surface area contributed by atoms with Crippen molar-refractivity contribution in [1.29, 1.82) is 0 Å². The van der Waals surface area contributed by atoms with Gasteiger partial charge in [-0.25, -0.2) is 0 Å². The first kappa shape index (κ1) is 15.7. The van der Waals surface area contributed by atoms with Gasteiger partial charge >= 0.3 is 0 Å². The van der Waals surface area contributed by atoms with Crippen molar-refractivity contribution in [1.82, 2.24) is 0 Å². The second-order valence-corrected chi connectivity index (χ2v) is 6.17. The Morgan fingerprint density at radius 1 is 0.826 bits per heavy atom. The largest absolute Gasteiger partial charge is 0.493 e. The number of nitrogens with one attached hydrogen (secondary N) is 1. The molecule has 0 amide bonds. The van der Waals surface area contributed by atoms with E-state index in [9.17, 15) is 0 Å². The number of hydrogen-bond acceptors (Lipinski definition) is 3. The van der Waals surface area contributed by atoms with Crippen molar-refractivity contribution in [3.05, 3.63) is 54.1 Å². The van der Waals surface area contributed by atoms with Gasteiger partial charge in [0.05, 0.1) is 14.2 Å². The summed E-state index contributed by atoms with van der Waals surface area (Å²) in [5, 5.41) is 3.64. The average molecular weight is 311 g/mol. The molecular formula is C20H25NO2. The van der Waals surface area contributed by atoms with Crippen molar-refractivity contribution in [2.75, 3.05) is 19.5 Å². The number of hydrogen-bond donors (Lipinski definition) is 1. The van der Waals surface area contributed by atoms with Crippen LogP contribution >= 0.6 is 0 Å². The summed E-state index contributed by atoms with van der Waals surface area (Å²) in [5.41, 5.74) is 2.59. The summed E-state index contributed by atoms with van der Waals surface area (Å²) >= 11 is 0. The summed E-state index contributed by atoms with van der Waals surface area (Å²) in [7, 11) is 3.34. The zero-order chi connectivity index (χ0) is 16.1. The molecule has 0 radical (unpaired) electrons. The van der Waals surface area contributed by atoms with E-state index in [0.29, 0.717) is 12.0 Å². The van der Waals surface area contributed by atoms with Crippen molar-refractivity contribution in [2.24, 2.45) is 0 Å². The minimum atomic E-state index is 0.535. The molecule has 0 spiro atoms. The smallest absolute Gasteiger partial charge is 0.162 e. The Bertz CT molecular complexity index is 619. The molecule has 0 heterocycles. The molecule has 3 rings (SSSR count). The van der Waals surface area contributed by atoms with Gasteiger partial charge in [-0.15, -0.1) is 0 Å². The standard InChI is InChI=1S/C20H25NO2/c1-22-19-13-12-18(14-20(19)23-2)21-17-10-8-16(9-11-17)15-6-4-3-5-7-15/h3-7,12-14,16-17,21H,8-11H2,1-2H3. The molecule has 0 bridgehead atoms. The van der Waals surface area contributed by atoms with Crippen LogP contribution in [0.5, 0.6) is 11.5 Å². The second-order valence-electron chi connectivity index (χ2n) is 6.17. The summed E-state index contributed by atoms with van der Waals surface area (Å²) in [4.78, 5) is 0. The first-order valence-electron chi connectivity index (χ1n) is 8.33. The topological polar surface area (TPSA) is 30.5 Å². The predicted molar refractivity (Wildman–Crippen MR) is 94.6 cm³/mol. The van der Waals surface area contributed by atoms with Crippen molar-refractivity contribution in [2.45, 2.75) is 37.6 Å². The number of ether oxygens (including phenoxy) is 2. The molecule has 1 aliphatic carbocycles. The molecular weight excluding hydrogens is 286 g/mol. The number of benzene rings is 2. The molecule has 1 N–H and O–H groups in total. The number of methoxy groups -OCH3 is 2. The lowest BCUT2D eigenvalue weighted by molar-refractivity contribution is 0.355. The first-order valence-corrected chi connectivity index (χ1v) is 8.33. The van der Waals surface area contributed by atoms with Crippen LogP contribution in [0.2, 0.25) is 0 Å². The second kappa shape index (κ2) is 7.40. The summed E-state index contributed by atoms with van der Waals surface area (Å²) in [6, 6.07) is 17.5. The van der Waals surface area contributed by atoms with Crippen LogP contribution in [0, 0.1) is 0 Å². The van der Waals surface area contributed by atoms with Gasteiger partial charge in [-0.05, 0) is 49.3 Å². The molecule has 1 saturated carbocycles. The Hall–Kier alpha value is -2.16. The zero-order valence-electron chi connectivity index (χ0n) is 13.9. The van der Waals surface area contributed by atoms with Crippen LogP contribution < -0.4 is 14.8 Å². The summed E-state index contributed by atoms with van der Waals surface area (Å²) in [6.07, 6.45) is 4.89. The van der Waals surface area contributed by atoms with Crippen LogP contribution in [0.3, 0.4) is 0 Å². The van der Waals surface area contributed by atoms with Gasteiger partial charge in [-0.3, -0.25) is 0 Å². The van der Waals surface area contributed by atoms with Gasteiger partial charge in [-0.2, -0.15) is 0 Å². The van der Waals surface area contributed by atoms with Crippen LogP contribution in [-0.2, 0) is 0 Å². The molecule has 0 atom stereocenters. The van der Waals surface area contributed by atoms with E-state index in [2.05, 4.69) is 41.7 Å². The van der Waals surface area contributed by atoms with E-state index >= 15 is 0 Å². The van der Waals surface area contributed by atoms with Gasteiger partial charge in [0, 0.05) is 17.8 Å². The molecule has 1 aliphatic rings. The van der Waals surface area contributed by atoms with Gasteiger partial charge in [0.1, 0.15) is 0 Å². The monoisotopic (exact) mass is 311 g/mol. The van der Waals surface area contributed by atoms with E-state index in [4.69, 9.17) is 9.47 Å². The molecule has 2 aromatic rings. The average Bonchev–Trinajstić information content (AvgIpc) is 2.63. The summed E-state index contributed by atoms with van der Waals surface area (Å²) < 4.78 is 10.7. The van der Waals surface area contributed by atoms with Gasteiger partial charge in [-0.1, -0.05) is 30.3 Å². The minimum Gasteiger partial charge on any atom is -0.493 e. The Labute approximate surface area is 138 Å². The normalized spacial score (nSPS) is 20.8. The van der Waals surface area contributed by atoms with Crippen LogP contribution in [0.1, 0.15) is 37.2 Å². The molecule has 3 nitrogen and oxygen atoms in total. The highest BCUT2D eigenvalue weighted by Crippen LogP contribution is 2.35. The maximum absolute atomic E-state index is 5.38. The van der Waals surface area contributed by atoms with Crippen molar-refractivity contribution in [3.8, 4) is 11.5 Å². The fourth-order valence-electron chi connectivity index (χ4n) is 3.46. The maximum atomic E-state index is 5.38. The zero-order valence-corrected chi connectivity index (χ0v) is 13.9. The van der Waals surface area contributed by atoms with Gasteiger partial charge < -0.3 is 14.8 Å². The third-order valence-corrected chi connectivity index (χ3v) is 4.75. The van der Waals surface area contributed by atoms with E-state index in [1.165, 1.54) is 31.2 Å². The van der Waals surface area contributed by atoms with Gasteiger partial charge in [0.2, 0.25) is 0 Å². The minimum absolute atomic E-state index is 0.535. The third kappa shape index (κ3) is 3.79. The molecule has 2 aromatic carbocycles. The molecule has 1 fully saturated rings. The lowest BCUT2D eigenvalue weighted by Crippen LogP contribution is -2.25. The molecule has 122 valence electrons. The molecule has 23 heavy (non-hydrogen) atoms. The number of rotatable bonds is 5. The summed E-state index contributed by atoms with van der Waals surface area (Å²) in [6.45, 7) is 0. The van der Waals surface area contributed by atoms with Crippen LogP contribution in [0.25, 0.3) is 0 Å². The van der Waals surface area contributed by atoms with Crippen LogP contribution in [-0.4, -0.2) is 20.3 Å². The van der Waals surface area contributed by atoms with Crippen molar-refractivity contribution < 1.29 is 9.47 Å². The van der Waals surface area contributed by atoms with Crippen molar-refractivity contribution in [3.63, 3.8) is 0 Å². The first-order chi connectivity index (χ1) is 11.3. The maximum Gasteiger partial charge on any atom is 0.162 e. The fourth-order valence-corrected chi connectivity index (χ4v) is 3.46. The van der Waals surface area contributed by atoms with E-state index in [-0.39, 0.29) is 0 Å². The third-order valence-electron chi connectivity index (χ3n) is 4.75. The van der Waals surface area contributed by atoms with Gasteiger partial charge in [0.25, 0.3) is 0 Å². The van der Waals surface area contributed by atoms with Crippen molar-refractivity contribution >= 4 is 5.69 Å². The van der Waals surface area contributed by atoms with E-state index in [1.807, 2.05) is 12.1 Å². The fraction of sp³-hybridized carbons (Fsp3) is 0.400. The number of anilines is 1. The highest BCUT2D eigenvalue weighted by molar-refractivity contribution is 5.55. The molecule has 0 aromatic heterocycles. The van der Waals surface area contributed by atoms with E-state index in [1.54, 1.807) is 14.2 Å². The molecule has 3 heteroatoms. The van der Waals surface area contributed by atoms with Crippen LogP contribution in [0.4, 0.5) is 5.69 Å². The molecule has 0 unspecified atom stereocenters. The predicted octanol–water partition coefficient (Wildman–Crippen LogP) is 4.84. The Morgan fingerprint density at radius 2 is 1.52 bits per heavy atom. The quantitative estimate of drug-likeness (QED) is 0.857. The highest BCUT2D eigenvalue weighted by atomic mass is 16.5. The lowest BCUT2D eigenvalue weighted by Gasteiger charge is -2.30. The Kier molecular flexibility index (Phi) is 5.06. The summed E-state index contributed by atoms with van der Waals surface area (Å²) in [5.74, 6) is 2.25. The molecule has 0 aliphatic heterocycles. The highest BCUT2D eigenvalue weighted by Gasteiger charge is 2.22. The Balaban J connectivity index is 1.58. The van der Waals surface area contributed by atoms with E-state index < -0.39 is 0 Å².